The predicted molar refractivity (Wildman–Crippen MR) is 91.2 cm³/mol. The summed E-state index contributed by atoms with van der Waals surface area (Å²) in [5.74, 6) is 0. The van der Waals surface area contributed by atoms with E-state index in [9.17, 15) is 4.79 Å². The van der Waals surface area contributed by atoms with Gasteiger partial charge in [0.05, 0.1) is 0 Å². The Balaban J connectivity index is 1.83. The minimum absolute atomic E-state index is 0.0561. The molecule has 2 unspecified atom stereocenters. The van der Waals surface area contributed by atoms with Gasteiger partial charge >= 0.3 is 6.03 Å². The van der Waals surface area contributed by atoms with E-state index in [1.165, 1.54) is 19.3 Å². The quantitative estimate of drug-likeness (QED) is 0.708. The van der Waals surface area contributed by atoms with Gasteiger partial charge in [-0.05, 0) is 37.5 Å². The maximum atomic E-state index is 12.0. The highest BCUT2D eigenvalue weighted by Gasteiger charge is 2.20. The van der Waals surface area contributed by atoms with Crippen LogP contribution >= 0.6 is 24.2 Å². The van der Waals surface area contributed by atoms with E-state index in [1.807, 2.05) is 31.2 Å². The lowest BCUT2D eigenvalue weighted by Gasteiger charge is -2.26. The van der Waals surface area contributed by atoms with Gasteiger partial charge in [0.25, 0.3) is 0 Å². The van der Waals surface area contributed by atoms with Crippen molar-refractivity contribution < 1.29 is 4.79 Å². The summed E-state index contributed by atoms with van der Waals surface area (Å²) in [5, 5.41) is 6.69. The molecule has 0 spiro atoms. The first-order chi connectivity index (χ1) is 10.1. The Morgan fingerprint density at radius 3 is 2.48 bits per heavy atom. The second kappa shape index (κ2) is 7.95. The summed E-state index contributed by atoms with van der Waals surface area (Å²) in [6.07, 6.45) is 5.87. The molecule has 1 aliphatic rings. The second-order valence-electron chi connectivity index (χ2n) is 5.74. The maximum absolute atomic E-state index is 12.0. The molecule has 1 aromatic carbocycles. The molecule has 0 aromatic heterocycles. The smallest absolute Gasteiger partial charge is 0.315 e. The van der Waals surface area contributed by atoms with E-state index >= 15 is 0 Å². The van der Waals surface area contributed by atoms with Crippen molar-refractivity contribution in [2.75, 3.05) is 0 Å². The molecule has 5 heteroatoms. The molecule has 0 heterocycles. The van der Waals surface area contributed by atoms with E-state index in [0.717, 1.165) is 18.4 Å². The van der Waals surface area contributed by atoms with Crippen LogP contribution in [0.25, 0.3) is 0 Å². The van der Waals surface area contributed by atoms with Crippen LogP contribution in [0.3, 0.4) is 0 Å². The first-order valence-corrected chi connectivity index (χ1v) is 8.46. The molecule has 0 radical (unpaired) electrons. The van der Waals surface area contributed by atoms with Crippen LogP contribution in [0, 0.1) is 0 Å². The van der Waals surface area contributed by atoms with Crippen molar-refractivity contribution in [3.63, 3.8) is 0 Å². The lowest BCUT2D eigenvalue weighted by atomic mass is 9.96. The van der Waals surface area contributed by atoms with Crippen molar-refractivity contribution in [3.05, 3.63) is 34.9 Å². The summed E-state index contributed by atoms with van der Waals surface area (Å²) in [5.41, 5.74) is 1.05. The molecule has 1 fully saturated rings. The number of carbonyl (C=O) groups is 1. The van der Waals surface area contributed by atoms with Gasteiger partial charge in [0.1, 0.15) is 0 Å². The highest BCUT2D eigenvalue weighted by atomic mass is 35.5. The molecule has 21 heavy (non-hydrogen) atoms. The molecule has 0 bridgehead atoms. The number of hydrogen-bond acceptors (Lipinski definition) is 2. The van der Waals surface area contributed by atoms with E-state index in [2.05, 4.69) is 23.3 Å². The van der Waals surface area contributed by atoms with Gasteiger partial charge in [0.2, 0.25) is 0 Å². The molecule has 1 saturated carbocycles. The van der Waals surface area contributed by atoms with E-state index in [0.29, 0.717) is 11.1 Å². The fourth-order valence-corrected chi connectivity index (χ4v) is 3.08. The Morgan fingerprint density at radius 2 is 1.86 bits per heavy atom. The molecule has 3 nitrogen and oxygen atoms in total. The molecule has 116 valence electrons. The third-order valence-electron chi connectivity index (χ3n) is 3.98. The van der Waals surface area contributed by atoms with Crippen molar-refractivity contribution in [2.45, 2.75) is 56.4 Å². The predicted octanol–water partition coefficient (Wildman–Crippen LogP) is 4.33. The van der Waals surface area contributed by atoms with Gasteiger partial charge < -0.3 is 10.6 Å². The van der Waals surface area contributed by atoms with Crippen LogP contribution in [-0.4, -0.2) is 18.1 Å². The fourth-order valence-electron chi connectivity index (χ4n) is 2.71. The molecule has 0 saturated heterocycles. The molecule has 1 aromatic rings. The van der Waals surface area contributed by atoms with Crippen LogP contribution in [0.5, 0.6) is 0 Å². The average Bonchev–Trinajstić information content (AvgIpc) is 2.48. The Bertz CT molecular complexity index is 460. The lowest BCUT2D eigenvalue weighted by Crippen LogP contribution is -2.47. The van der Waals surface area contributed by atoms with E-state index in [4.69, 9.17) is 11.6 Å². The highest BCUT2D eigenvalue weighted by molar-refractivity contribution is 7.80. The van der Waals surface area contributed by atoms with E-state index in [1.54, 1.807) is 0 Å². The molecule has 2 atom stereocenters. The van der Waals surface area contributed by atoms with Gasteiger partial charge in [-0.15, -0.1) is 0 Å². The molecule has 2 N–H and O–H groups in total. The fraction of sp³-hybridized carbons (Fsp3) is 0.562. The van der Waals surface area contributed by atoms with Crippen LogP contribution in [-0.2, 0) is 0 Å². The third kappa shape index (κ3) is 5.11. The molecule has 2 amide bonds. The molecule has 2 rings (SSSR count). The zero-order valence-corrected chi connectivity index (χ0v) is 14.0. The van der Waals surface area contributed by atoms with E-state index in [-0.39, 0.29) is 17.3 Å². The Morgan fingerprint density at radius 1 is 1.24 bits per heavy atom. The summed E-state index contributed by atoms with van der Waals surface area (Å²) in [7, 11) is 0. The second-order valence-corrected chi connectivity index (χ2v) is 6.73. The topological polar surface area (TPSA) is 41.1 Å². The lowest BCUT2D eigenvalue weighted by molar-refractivity contribution is 0.229. The summed E-state index contributed by atoms with van der Waals surface area (Å²) < 4.78 is 0. The number of rotatable bonds is 4. The van der Waals surface area contributed by atoms with Crippen LogP contribution in [0.15, 0.2) is 24.3 Å². The van der Waals surface area contributed by atoms with Crippen LogP contribution in [0.4, 0.5) is 4.79 Å². The molecular formula is C16H23ClN2OS. The van der Waals surface area contributed by atoms with Crippen molar-refractivity contribution in [1.29, 1.82) is 0 Å². The van der Waals surface area contributed by atoms with Gasteiger partial charge in [-0.3, -0.25) is 0 Å². The summed E-state index contributed by atoms with van der Waals surface area (Å²) in [6, 6.07) is 7.73. The summed E-state index contributed by atoms with van der Waals surface area (Å²) in [6.45, 7) is 1.97. The number of hydrogen-bond donors (Lipinski definition) is 3. The minimum Gasteiger partial charge on any atom is -0.335 e. The number of carbonyl (C=O) groups excluding carboxylic acids is 1. The Kier molecular flexibility index (Phi) is 6.24. The van der Waals surface area contributed by atoms with Crippen molar-refractivity contribution in [2.24, 2.45) is 0 Å². The van der Waals surface area contributed by atoms with Crippen molar-refractivity contribution >= 4 is 30.3 Å². The van der Waals surface area contributed by atoms with Crippen LogP contribution < -0.4 is 10.6 Å². The van der Waals surface area contributed by atoms with Crippen molar-refractivity contribution in [1.82, 2.24) is 10.6 Å². The number of benzene rings is 1. The van der Waals surface area contributed by atoms with Gasteiger partial charge in [-0.2, -0.15) is 12.6 Å². The maximum Gasteiger partial charge on any atom is 0.315 e. The standard InChI is InChI=1S/C16H23ClN2OS/c1-11(15(21)12-7-9-13(17)10-8-12)18-16(20)19-14-5-3-2-4-6-14/h7-11,14-15,21H,2-6H2,1H3,(H2,18,19,20). The largest absolute Gasteiger partial charge is 0.335 e. The minimum atomic E-state index is -0.0950. The SMILES string of the molecule is CC(NC(=O)NC1CCCCC1)C(S)c1ccc(Cl)cc1. The van der Waals surface area contributed by atoms with Crippen LogP contribution in [0.1, 0.15) is 49.8 Å². The first-order valence-electron chi connectivity index (χ1n) is 7.57. The van der Waals surface area contributed by atoms with Gasteiger partial charge in [-0.1, -0.05) is 43.0 Å². The monoisotopic (exact) mass is 326 g/mol. The zero-order valence-electron chi connectivity index (χ0n) is 12.3. The Labute approximate surface area is 137 Å². The number of halogens is 1. The van der Waals surface area contributed by atoms with E-state index < -0.39 is 0 Å². The van der Waals surface area contributed by atoms with Gasteiger partial charge in [0, 0.05) is 22.4 Å². The molecule has 1 aliphatic carbocycles. The van der Waals surface area contributed by atoms with Crippen LogP contribution in [0.2, 0.25) is 5.02 Å². The number of thiol groups is 1. The van der Waals surface area contributed by atoms with Crippen molar-refractivity contribution in [3.8, 4) is 0 Å². The molecular weight excluding hydrogens is 304 g/mol. The number of nitrogens with one attached hydrogen (secondary N) is 2. The Hall–Kier alpha value is -0.870. The average molecular weight is 327 g/mol. The summed E-state index contributed by atoms with van der Waals surface area (Å²) in [4.78, 5) is 12.0. The number of amides is 2. The third-order valence-corrected chi connectivity index (χ3v) is 4.98. The van der Waals surface area contributed by atoms with Gasteiger partial charge in [0.15, 0.2) is 0 Å². The normalized spacial score (nSPS) is 18.8. The zero-order chi connectivity index (χ0) is 15.2. The summed E-state index contributed by atoms with van der Waals surface area (Å²) >= 11 is 10.5. The highest BCUT2D eigenvalue weighted by Crippen LogP contribution is 2.25. The molecule has 0 aliphatic heterocycles. The van der Waals surface area contributed by atoms with Gasteiger partial charge in [-0.25, -0.2) is 4.79 Å². The number of urea groups is 1. The first kappa shape index (κ1) is 16.5.